The topological polar surface area (TPSA) is 99.3 Å². The van der Waals surface area contributed by atoms with Gasteiger partial charge in [0.15, 0.2) is 5.65 Å². The van der Waals surface area contributed by atoms with Gasteiger partial charge in [-0.25, -0.2) is 9.50 Å². The Morgan fingerprint density at radius 3 is 2.31 bits per heavy atom. The number of hydrogen-bond donors (Lipinski definition) is 2. The Labute approximate surface area is 150 Å². The average molecular weight is 343 g/mol. The lowest BCUT2D eigenvalue weighted by molar-refractivity contribution is 0.0994. The highest BCUT2D eigenvalue weighted by Crippen LogP contribution is 2.32. The summed E-state index contributed by atoms with van der Waals surface area (Å²) >= 11 is 0. The molecule has 4 rings (SSSR count). The molecule has 0 unspecified atom stereocenters. The number of amides is 1. The van der Waals surface area contributed by atoms with E-state index in [-0.39, 0.29) is 5.69 Å². The number of hydrogen-bond acceptors (Lipinski definition) is 4. The lowest BCUT2D eigenvalue weighted by Gasteiger charge is -2.06. The third-order valence-corrected chi connectivity index (χ3v) is 4.24. The molecular weight excluding hydrogens is 326 g/mol. The number of primary amides is 1. The standard InChI is InChI=1S/C20H17N5O/c21-12-13-6-8-14(9-7-13)18-19(15-4-2-1-3-5-15)25-17(23-18)11-10-16(24-25)20(22)26/h1-11H,12,21H2,(H2,22,26). The van der Waals surface area contributed by atoms with Crippen molar-refractivity contribution in [3.63, 3.8) is 0 Å². The molecule has 0 aliphatic rings. The number of fused-ring (bicyclic) bond motifs is 1. The van der Waals surface area contributed by atoms with Gasteiger partial charge in [-0.1, -0.05) is 54.6 Å². The van der Waals surface area contributed by atoms with Crippen molar-refractivity contribution in [2.75, 3.05) is 0 Å². The van der Waals surface area contributed by atoms with Gasteiger partial charge in [0.05, 0.1) is 5.69 Å². The predicted molar refractivity (Wildman–Crippen MR) is 100 cm³/mol. The van der Waals surface area contributed by atoms with Crippen molar-refractivity contribution in [2.45, 2.75) is 6.54 Å². The minimum atomic E-state index is -0.575. The number of aromatic nitrogens is 3. The zero-order valence-corrected chi connectivity index (χ0v) is 14.0. The van der Waals surface area contributed by atoms with E-state index in [1.807, 2.05) is 54.6 Å². The first-order valence-electron chi connectivity index (χ1n) is 8.22. The summed E-state index contributed by atoms with van der Waals surface area (Å²) in [6.07, 6.45) is 0. The maximum Gasteiger partial charge on any atom is 0.269 e. The summed E-state index contributed by atoms with van der Waals surface area (Å²) < 4.78 is 1.67. The summed E-state index contributed by atoms with van der Waals surface area (Å²) in [4.78, 5) is 16.3. The van der Waals surface area contributed by atoms with Crippen LogP contribution in [0.2, 0.25) is 0 Å². The summed E-state index contributed by atoms with van der Waals surface area (Å²) in [7, 11) is 0. The quantitative estimate of drug-likeness (QED) is 0.595. The largest absolute Gasteiger partial charge is 0.364 e. The molecule has 4 aromatic rings. The van der Waals surface area contributed by atoms with Crippen LogP contribution in [0, 0.1) is 0 Å². The Kier molecular flexibility index (Phi) is 3.95. The molecule has 0 aliphatic carbocycles. The fourth-order valence-electron chi connectivity index (χ4n) is 2.92. The molecule has 0 atom stereocenters. The van der Waals surface area contributed by atoms with Crippen LogP contribution in [0.4, 0.5) is 0 Å². The van der Waals surface area contributed by atoms with E-state index in [1.165, 1.54) is 0 Å². The molecule has 0 bridgehead atoms. The molecule has 2 heterocycles. The SMILES string of the molecule is NCc1ccc(-c2nc3ccc(C(N)=O)nn3c2-c2ccccc2)cc1. The van der Waals surface area contributed by atoms with Crippen LogP contribution < -0.4 is 11.5 Å². The van der Waals surface area contributed by atoms with E-state index in [1.54, 1.807) is 16.6 Å². The number of carbonyl (C=O) groups is 1. The molecule has 6 heteroatoms. The van der Waals surface area contributed by atoms with Gasteiger partial charge >= 0.3 is 0 Å². The second-order valence-corrected chi connectivity index (χ2v) is 5.93. The number of rotatable bonds is 4. The molecule has 4 N–H and O–H groups in total. The van der Waals surface area contributed by atoms with Crippen molar-refractivity contribution < 1.29 is 4.79 Å². The highest BCUT2D eigenvalue weighted by atomic mass is 16.1. The van der Waals surface area contributed by atoms with Crippen molar-refractivity contribution in [1.29, 1.82) is 0 Å². The minimum Gasteiger partial charge on any atom is -0.364 e. The Morgan fingerprint density at radius 1 is 0.923 bits per heavy atom. The van der Waals surface area contributed by atoms with Gasteiger partial charge < -0.3 is 11.5 Å². The molecule has 128 valence electrons. The summed E-state index contributed by atoms with van der Waals surface area (Å²) in [5.41, 5.74) is 16.5. The molecule has 0 radical (unpaired) electrons. The minimum absolute atomic E-state index is 0.192. The molecular formula is C20H17N5O. The number of nitrogens with zero attached hydrogens (tertiary/aromatic N) is 3. The van der Waals surface area contributed by atoms with Crippen LogP contribution in [0.5, 0.6) is 0 Å². The van der Waals surface area contributed by atoms with Gasteiger partial charge in [0.1, 0.15) is 11.4 Å². The third-order valence-electron chi connectivity index (χ3n) is 4.24. The van der Waals surface area contributed by atoms with Crippen LogP contribution in [0.25, 0.3) is 28.2 Å². The summed E-state index contributed by atoms with van der Waals surface area (Å²) in [6.45, 7) is 0.487. The summed E-state index contributed by atoms with van der Waals surface area (Å²) in [5, 5.41) is 4.39. The Morgan fingerprint density at radius 2 is 1.65 bits per heavy atom. The molecule has 2 aromatic carbocycles. The van der Waals surface area contributed by atoms with Crippen LogP contribution >= 0.6 is 0 Å². The number of imidazole rings is 1. The maximum atomic E-state index is 11.6. The lowest BCUT2D eigenvalue weighted by Crippen LogP contribution is -2.14. The van der Waals surface area contributed by atoms with E-state index in [0.29, 0.717) is 12.2 Å². The number of carbonyl (C=O) groups excluding carboxylic acids is 1. The first kappa shape index (κ1) is 16.0. The Balaban J connectivity index is 2.00. The van der Waals surface area contributed by atoms with Gasteiger partial charge in [-0.05, 0) is 17.7 Å². The lowest BCUT2D eigenvalue weighted by atomic mass is 10.0. The molecule has 0 fully saturated rings. The fraction of sp³-hybridized carbons (Fsp3) is 0.0500. The van der Waals surface area contributed by atoms with Crippen molar-refractivity contribution in [1.82, 2.24) is 14.6 Å². The smallest absolute Gasteiger partial charge is 0.269 e. The second-order valence-electron chi connectivity index (χ2n) is 5.93. The molecule has 0 saturated carbocycles. The van der Waals surface area contributed by atoms with Gasteiger partial charge in [-0.2, -0.15) is 5.10 Å². The van der Waals surface area contributed by atoms with Crippen LogP contribution in [-0.2, 0) is 6.54 Å². The molecule has 6 nitrogen and oxygen atoms in total. The zero-order chi connectivity index (χ0) is 18.1. The van der Waals surface area contributed by atoms with E-state index in [9.17, 15) is 4.79 Å². The van der Waals surface area contributed by atoms with Crippen LogP contribution in [0.3, 0.4) is 0 Å². The first-order valence-corrected chi connectivity index (χ1v) is 8.22. The third kappa shape index (κ3) is 2.72. The monoisotopic (exact) mass is 343 g/mol. The van der Waals surface area contributed by atoms with Crippen molar-refractivity contribution in [3.05, 3.63) is 78.0 Å². The normalized spacial score (nSPS) is 11.0. The zero-order valence-electron chi connectivity index (χ0n) is 14.0. The van der Waals surface area contributed by atoms with Crippen LogP contribution in [0.15, 0.2) is 66.7 Å². The Bertz CT molecular complexity index is 1080. The van der Waals surface area contributed by atoms with E-state index in [0.717, 1.165) is 28.1 Å². The van der Waals surface area contributed by atoms with Gasteiger partial charge in [-0.3, -0.25) is 4.79 Å². The highest BCUT2D eigenvalue weighted by Gasteiger charge is 2.18. The molecule has 1 amide bonds. The van der Waals surface area contributed by atoms with Crippen LogP contribution in [0.1, 0.15) is 16.1 Å². The first-order chi connectivity index (χ1) is 12.7. The van der Waals surface area contributed by atoms with E-state index < -0.39 is 5.91 Å². The molecule has 2 aromatic heterocycles. The average Bonchev–Trinajstić information content (AvgIpc) is 3.07. The summed E-state index contributed by atoms with van der Waals surface area (Å²) in [6, 6.07) is 21.1. The highest BCUT2D eigenvalue weighted by molar-refractivity contribution is 5.91. The van der Waals surface area contributed by atoms with E-state index in [4.69, 9.17) is 16.5 Å². The predicted octanol–water partition coefficient (Wildman–Crippen LogP) is 2.62. The molecule has 0 saturated heterocycles. The molecule has 26 heavy (non-hydrogen) atoms. The van der Waals surface area contributed by atoms with Gasteiger partial charge in [-0.15, -0.1) is 0 Å². The second kappa shape index (κ2) is 6.42. The number of benzene rings is 2. The van der Waals surface area contributed by atoms with Crippen molar-refractivity contribution in [3.8, 4) is 22.5 Å². The van der Waals surface area contributed by atoms with E-state index in [2.05, 4.69) is 5.10 Å². The van der Waals surface area contributed by atoms with Crippen molar-refractivity contribution >= 4 is 11.6 Å². The number of nitrogens with two attached hydrogens (primary N) is 2. The van der Waals surface area contributed by atoms with E-state index >= 15 is 0 Å². The van der Waals surface area contributed by atoms with Gasteiger partial charge in [0, 0.05) is 17.7 Å². The van der Waals surface area contributed by atoms with Crippen LogP contribution in [-0.4, -0.2) is 20.5 Å². The fourth-order valence-corrected chi connectivity index (χ4v) is 2.92. The molecule has 0 aliphatic heterocycles. The van der Waals surface area contributed by atoms with Gasteiger partial charge in [0.2, 0.25) is 0 Å². The van der Waals surface area contributed by atoms with Gasteiger partial charge in [0.25, 0.3) is 5.91 Å². The van der Waals surface area contributed by atoms with Crippen molar-refractivity contribution in [2.24, 2.45) is 11.5 Å². The summed E-state index contributed by atoms with van der Waals surface area (Å²) in [5.74, 6) is -0.575. The molecule has 0 spiro atoms. The maximum absolute atomic E-state index is 11.6. The Hall–Kier alpha value is -3.51.